The smallest absolute Gasteiger partial charge is 1.00 e. The van der Waals surface area contributed by atoms with Gasteiger partial charge in [0.2, 0.25) is 0 Å². The monoisotopic (exact) mass is 488 g/mol. The van der Waals surface area contributed by atoms with Crippen LogP contribution in [0.1, 0.15) is 78.5 Å². The number of hydrogen-bond acceptors (Lipinski definition) is 0. The molecule has 1 saturated carbocycles. The summed E-state index contributed by atoms with van der Waals surface area (Å²) < 4.78 is 0. The molecule has 1 fully saturated rings. The zero-order valence-corrected chi connectivity index (χ0v) is 24.9. The third-order valence-electron chi connectivity index (χ3n) is 8.57. The van der Waals surface area contributed by atoms with Gasteiger partial charge in [-0.05, 0) is 71.9 Å². The molecular formula is C36H42Li2. The molecule has 188 valence electrons. The van der Waals surface area contributed by atoms with Gasteiger partial charge in [-0.1, -0.05) is 124 Å². The molecule has 3 aliphatic rings. The molecule has 38 heavy (non-hydrogen) atoms. The van der Waals surface area contributed by atoms with Crippen molar-refractivity contribution in [3.63, 3.8) is 0 Å². The first-order valence-corrected chi connectivity index (χ1v) is 13.9. The first-order valence-electron chi connectivity index (χ1n) is 13.9. The summed E-state index contributed by atoms with van der Waals surface area (Å²) >= 11 is 0. The Morgan fingerprint density at radius 1 is 0.789 bits per heavy atom. The summed E-state index contributed by atoms with van der Waals surface area (Å²) in [5, 5.41) is 0. The zero-order chi connectivity index (χ0) is 25.4. The van der Waals surface area contributed by atoms with Crippen molar-refractivity contribution < 1.29 is 40.6 Å². The molecule has 3 unspecified atom stereocenters. The van der Waals surface area contributed by atoms with E-state index in [1.807, 2.05) is 0 Å². The summed E-state index contributed by atoms with van der Waals surface area (Å²) in [7, 11) is 0. The zero-order valence-electron chi connectivity index (χ0n) is 26.9. The van der Waals surface area contributed by atoms with E-state index in [0.29, 0.717) is 11.8 Å². The Labute approximate surface area is 258 Å². The van der Waals surface area contributed by atoms with Crippen molar-refractivity contribution in [1.29, 1.82) is 0 Å². The molecule has 0 aromatic heterocycles. The molecule has 2 aromatic rings. The van der Waals surface area contributed by atoms with Gasteiger partial charge in [0.1, 0.15) is 0 Å². The van der Waals surface area contributed by atoms with Crippen LogP contribution in [0, 0.1) is 25.7 Å². The Bertz CT molecular complexity index is 1340. The van der Waals surface area contributed by atoms with Crippen molar-refractivity contribution in [2.75, 3.05) is 0 Å². The maximum Gasteiger partial charge on any atom is 1.00 e. The van der Waals surface area contributed by atoms with Gasteiger partial charge in [0, 0.05) is 11.1 Å². The quantitative estimate of drug-likeness (QED) is 0.389. The number of rotatable bonds is 8. The third-order valence-corrected chi connectivity index (χ3v) is 8.57. The SMILES string of the molecule is CCC(C)CC(=C=C1C(=C2C3=CC=C2C=C3)C1(CC(C)CC)c1ccc(C)cc1)c1ccc(C)cc1.[H-].[H-].[Li+].[Li+]. The van der Waals surface area contributed by atoms with Crippen LogP contribution in [0.4, 0.5) is 0 Å². The van der Waals surface area contributed by atoms with Gasteiger partial charge in [-0.25, -0.2) is 0 Å². The number of fused-ring (bicyclic) bond motifs is 2. The van der Waals surface area contributed by atoms with Gasteiger partial charge in [-0.3, -0.25) is 0 Å². The van der Waals surface area contributed by atoms with E-state index >= 15 is 0 Å². The second-order valence-corrected chi connectivity index (χ2v) is 11.4. The van der Waals surface area contributed by atoms with E-state index in [9.17, 15) is 0 Å². The molecule has 2 heteroatoms. The normalized spacial score (nSPS) is 20.2. The summed E-state index contributed by atoms with van der Waals surface area (Å²) in [6.45, 7) is 13.8. The standard InChI is InChI=1S/C36H40.2Li.2H/c1-7-24(3)21-31(28-13-9-26(5)10-14-28)22-33-35(34-29-15-16-30(34)18-17-29)36(33,23-25(4)8-2)32-19-11-27(6)12-20-32;;;;/h9-20,24-25H,7-8,21,23H2,1-6H3;;;;/q;2*+1;2*-1. The Kier molecular flexibility index (Phi) is 10.1. The third kappa shape index (κ3) is 5.69. The van der Waals surface area contributed by atoms with Crippen molar-refractivity contribution in [2.45, 2.75) is 72.6 Å². The van der Waals surface area contributed by atoms with Crippen LogP contribution in [0.5, 0.6) is 0 Å². The molecule has 2 bridgehead atoms. The van der Waals surface area contributed by atoms with E-state index in [1.165, 1.54) is 68.5 Å². The molecule has 0 N–H and O–H groups in total. The van der Waals surface area contributed by atoms with Crippen LogP contribution in [-0.2, 0) is 5.41 Å². The maximum absolute atomic E-state index is 4.11. The van der Waals surface area contributed by atoms with E-state index in [0.717, 1.165) is 12.8 Å². The van der Waals surface area contributed by atoms with Crippen LogP contribution in [-0.4, -0.2) is 0 Å². The van der Waals surface area contributed by atoms with Crippen LogP contribution in [0.3, 0.4) is 0 Å². The molecule has 0 radical (unpaired) electrons. The van der Waals surface area contributed by atoms with Crippen molar-refractivity contribution in [3.8, 4) is 0 Å². The van der Waals surface area contributed by atoms with Crippen LogP contribution in [0.25, 0.3) is 5.57 Å². The van der Waals surface area contributed by atoms with E-state index in [2.05, 4.69) is 120 Å². The van der Waals surface area contributed by atoms with Crippen molar-refractivity contribution >= 4 is 5.57 Å². The Morgan fingerprint density at radius 2 is 1.32 bits per heavy atom. The van der Waals surface area contributed by atoms with Crippen molar-refractivity contribution in [2.24, 2.45) is 11.8 Å². The number of benzene rings is 2. The fraction of sp³-hybridized carbons (Fsp3) is 0.361. The molecule has 0 spiro atoms. The molecule has 3 atom stereocenters. The predicted molar refractivity (Wildman–Crippen MR) is 157 cm³/mol. The summed E-state index contributed by atoms with van der Waals surface area (Å²) in [5.41, 5.74) is 17.9. The Hall–Kier alpha value is -1.89. The predicted octanol–water partition coefficient (Wildman–Crippen LogP) is 4.00. The van der Waals surface area contributed by atoms with Crippen molar-refractivity contribution in [3.05, 3.63) is 129 Å². The topological polar surface area (TPSA) is 0 Å². The van der Waals surface area contributed by atoms with Crippen LogP contribution in [0.15, 0.2) is 106 Å². The van der Waals surface area contributed by atoms with Gasteiger partial charge < -0.3 is 2.85 Å². The largest absolute Gasteiger partial charge is 1.00 e. The maximum atomic E-state index is 4.11. The van der Waals surface area contributed by atoms with E-state index in [-0.39, 0.29) is 46.0 Å². The van der Waals surface area contributed by atoms with Gasteiger partial charge >= 0.3 is 37.7 Å². The van der Waals surface area contributed by atoms with Crippen molar-refractivity contribution in [1.82, 2.24) is 0 Å². The number of allylic oxidation sites excluding steroid dienone is 9. The molecule has 0 heterocycles. The van der Waals surface area contributed by atoms with Gasteiger partial charge in [0.25, 0.3) is 0 Å². The van der Waals surface area contributed by atoms with E-state index in [1.54, 1.807) is 0 Å². The molecule has 2 aromatic carbocycles. The molecule has 3 aliphatic carbocycles. The summed E-state index contributed by atoms with van der Waals surface area (Å²) in [5.74, 6) is 1.26. The molecule has 5 rings (SSSR count). The summed E-state index contributed by atoms with van der Waals surface area (Å²) in [6, 6.07) is 18.4. The first kappa shape index (κ1) is 30.7. The Morgan fingerprint density at radius 3 is 1.82 bits per heavy atom. The van der Waals surface area contributed by atoms with Crippen LogP contribution in [0.2, 0.25) is 0 Å². The minimum Gasteiger partial charge on any atom is -1.00 e. The molecule has 0 saturated heterocycles. The van der Waals surface area contributed by atoms with Gasteiger partial charge in [-0.2, -0.15) is 0 Å². The summed E-state index contributed by atoms with van der Waals surface area (Å²) in [4.78, 5) is 0. The number of aryl methyl sites for hydroxylation is 2. The summed E-state index contributed by atoms with van der Waals surface area (Å²) in [6.07, 6.45) is 13.7. The molecule has 0 amide bonds. The molecular weight excluding hydrogens is 446 g/mol. The molecule has 0 nitrogen and oxygen atoms in total. The van der Waals surface area contributed by atoms with Crippen LogP contribution >= 0.6 is 0 Å². The number of hydrogen-bond donors (Lipinski definition) is 0. The van der Waals surface area contributed by atoms with Gasteiger partial charge in [0.05, 0.1) is 5.41 Å². The first-order chi connectivity index (χ1) is 17.4. The van der Waals surface area contributed by atoms with E-state index in [4.69, 9.17) is 0 Å². The molecule has 0 aliphatic heterocycles. The van der Waals surface area contributed by atoms with E-state index < -0.39 is 0 Å². The van der Waals surface area contributed by atoms with Crippen LogP contribution < -0.4 is 37.7 Å². The Balaban J connectivity index is 0.00000200. The fourth-order valence-electron chi connectivity index (χ4n) is 5.84. The minimum atomic E-state index is -0.0571. The minimum absolute atomic E-state index is 0. The second kappa shape index (κ2) is 12.5. The van der Waals surface area contributed by atoms with Gasteiger partial charge in [-0.15, -0.1) is 5.73 Å². The average molecular weight is 489 g/mol. The van der Waals surface area contributed by atoms with Gasteiger partial charge in [0.15, 0.2) is 0 Å². The fourth-order valence-corrected chi connectivity index (χ4v) is 5.84. The average Bonchev–Trinajstić information content (AvgIpc) is 3.16. The second-order valence-electron chi connectivity index (χ2n) is 11.4.